The zero-order valence-corrected chi connectivity index (χ0v) is 19.2. The van der Waals surface area contributed by atoms with Gasteiger partial charge in [-0.05, 0) is 31.6 Å². The van der Waals surface area contributed by atoms with Crippen LogP contribution < -0.4 is 0 Å². The maximum absolute atomic E-state index is 9.86. The van der Waals surface area contributed by atoms with Crippen molar-refractivity contribution in [1.29, 1.82) is 0 Å². The van der Waals surface area contributed by atoms with E-state index >= 15 is 0 Å². The second-order valence-corrected chi connectivity index (χ2v) is 10.8. The highest BCUT2D eigenvalue weighted by Gasteiger charge is 2.47. The SMILES string of the molecule is CN(C)CC1CCOC1(c1ccccc1)c1ccccc1.O=S(=O)(O)CCS(=O)(=O)O. The van der Waals surface area contributed by atoms with Crippen molar-refractivity contribution in [2.75, 3.05) is 38.8 Å². The Morgan fingerprint density at radius 1 is 0.871 bits per heavy atom. The average molecular weight is 472 g/mol. The fraction of sp³-hybridized carbons (Fsp3) is 0.429. The molecule has 2 aromatic carbocycles. The average Bonchev–Trinajstić information content (AvgIpc) is 3.11. The first-order chi connectivity index (χ1) is 14.4. The van der Waals surface area contributed by atoms with Crippen LogP contribution in [0, 0.1) is 5.92 Å². The lowest BCUT2D eigenvalue weighted by Gasteiger charge is -2.37. The molecule has 0 amide bonds. The predicted octanol–water partition coefficient (Wildman–Crippen LogP) is 2.29. The van der Waals surface area contributed by atoms with E-state index in [1.807, 2.05) is 0 Å². The third kappa shape index (κ3) is 7.67. The molecular formula is C21H29NO7S2. The molecule has 3 rings (SSSR count). The van der Waals surface area contributed by atoms with Gasteiger partial charge in [-0.25, -0.2) is 0 Å². The van der Waals surface area contributed by atoms with Crippen LogP contribution in [0.4, 0.5) is 0 Å². The van der Waals surface area contributed by atoms with Gasteiger partial charge in [0.05, 0.1) is 11.5 Å². The summed E-state index contributed by atoms with van der Waals surface area (Å²) in [6.07, 6.45) is 1.10. The first kappa shape index (κ1) is 25.4. The van der Waals surface area contributed by atoms with Crippen LogP contribution in [0.15, 0.2) is 60.7 Å². The molecule has 2 N–H and O–H groups in total. The summed E-state index contributed by atoms with van der Waals surface area (Å²) in [6, 6.07) is 21.3. The van der Waals surface area contributed by atoms with Crippen molar-refractivity contribution in [3.05, 3.63) is 71.8 Å². The fourth-order valence-corrected chi connectivity index (χ4v) is 5.42. The molecule has 2 aromatic rings. The molecule has 1 saturated heterocycles. The Balaban J connectivity index is 0.000000291. The van der Waals surface area contributed by atoms with E-state index in [1.165, 1.54) is 11.1 Å². The molecule has 1 atom stereocenters. The molecule has 1 unspecified atom stereocenters. The molecule has 1 fully saturated rings. The van der Waals surface area contributed by atoms with Crippen LogP contribution in [-0.2, 0) is 30.6 Å². The number of hydrogen-bond acceptors (Lipinski definition) is 6. The summed E-state index contributed by atoms with van der Waals surface area (Å²) in [5.41, 5.74) is 2.22. The fourth-order valence-electron chi connectivity index (χ4n) is 3.73. The highest BCUT2D eigenvalue weighted by Crippen LogP contribution is 2.46. The van der Waals surface area contributed by atoms with Crippen LogP contribution in [0.2, 0.25) is 0 Å². The van der Waals surface area contributed by atoms with E-state index in [-0.39, 0.29) is 5.60 Å². The Bertz CT molecular complexity index is 952. The van der Waals surface area contributed by atoms with Crippen LogP contribution in [0.3, 0.4) is 0 Å². The van der Waals surface area contributed by atoms with E-state index < -0.39 is 31.7 Å². The summed E-state index contributed by atoms with van der Waals surface area (Å²) < 4.78 is 61.8. The van der Waals surface area contributed by atoms with Gasteiger partial charge in [-0.15, -0.1) is 0 Å². The highest BCUT2D eigenvalue weighted by atomic mass is 32.2. The van der Waals surface area contributed by atoms with Gasteiger partial charge in [-0.2, -0.15) is 16.8 Å². The third-order valence-electron chi connectivity index (χ3n) is 4.96. The van der Waals surface area contributed by atoms with Crippen LogP contribution in [0.25, 0.3) is 0 Å². The molecule has 10 heteroatoms. The van der Waals surface area contributed by atoms with Crippen LogP contribution >= 0.6 is 0 Å². The Morgan fingerprint density at radius 2 is 1.29 bits per heavy atom. The van der Waals surface area contributed by atoms with E-state index in [0.29, 0.717) is 5.92 Å². The normalized spacial score (nSPS) is 18.4. The lowest BCUT2D eigenvalue weighted by molar-refractivity contribution is 0.00438. The van der Waals surface area contributed by atoms with Crippen molar-refractivity contribution in [3.8, 4) is 0 Å². The van der Waals surface area contributed by atoms with E-state index in [2.05, 4.69) is 79.7 Å². The van der Waals surface area contributed by atoms with Crippen molar-refractivity contribution in [2.45, 2.75) is 12.0 Å². The van der Waals surface area contributed by atoms with E-state index in [0.717, 1.165) is 19.6 Å². The van der Waals surface area contributed by atoms with Gasteiger partial charge in [-0.3, -0.25) is 9.11 Å². The molecule has 0 saturated carbocycles. The molecule has 31 heavy (non-hydrogen) atoms. The lowest BCUT2D eigenvalue weighted by atomic mass is 9.76. The molecule has 0 aromatic heterocycles. The summed E-state index contributed by atoms with van der Waals surface area (Å²) >= 11 is 0. The van der Waals surface area contributed by atoms with E-state index in [1.54, 1.807) is 0 Å². The van der Waals surface area contributed by atoms with E-state index in [9.17, 15) is 16.8 Å². The molecule has 1 heterocycles. The highest BCUT2D eigenvalue weighted by molar-refractivity contribution is 7.89. The monoisotopic (exact) mass is 471 g/mol. The number of rotatable bonds is 7. The Hall–Kier alpha value is -1.82. The molecule has 0 spiro atoms. The summed E-state index contributed by atoms with van der Waals surface area (Å²) in [5.74, 6) is -1.49. The van der Waals surface area contributed by atoms with Gasteiger partial charge >= 0.3 is 0 Å². The zero-order chi connectivity index (χ0) is 23.1. The van der Waals surface area contributed by atoms with Crippen LogP contribution in [-0.4, -0.2) is 69.6 Å². The van der Waals surface area contributed by atoms with Gasteiger partial charge in [0.2, 0.25) is 0 Å². The summed E-state index contributed by atoms with van der Waals surface area (Å²) in [4.78, 5) is 2.26. The van der Waals surface area contributed by atoms with Crippen molar-refractivity contribution in [3.63, 3.8) is 0 Å². The molecule has 1 aliphatic rings. The van der Waals surface area contributed by atoms with Gasteiger partial charge in [0.1, 0.15) is 5.60 Å². The van der Waals surface area contributed by atoms with Gasteiger partial charge in [-0.1, -0.05) is 60.7 Å². The molecule has 0 aliphatic carbocycles. The van der Waals surface area contributed by atoms with Crippen LogP contribution in [0.1, 0.15) is 17.5 Å². The smallest absolute Gasteiger partial charge is 0.265 e. The predicted molar refractivity (Wildman–Crippen MR) is 119 cm³/mol. The number of hydrogen-bond donors (Lipinski definition) is 2. The summed E-state index contributed by atoms with van der Waals surface area (Å²) in [5, 5.41) is 0. The van der Waals surface area contributed by atoms with Crippen molar-refractivity contribution >= 4 is 20.2 Å². The minimum Gasteiger partial charge on any atom is -0.365 e. The van der Waals surface area contributed by atoms with E-state index in [4.69, 9.17) is 13.8 Å². The molecule has 0 bridgehead atoms. The summed E-state index contributed by atoms with van der Waals surface area (Å²) in [6.45, 7) is 1.85. The Labute approximate surface area is 184 Å². The van der Waals surface area contributed by atoms with Gasteiger partial charge in [0.15, 0.2) is 0 Å². The second-order valence-electron chi connectivity index (χ2n) is 7.64. The molecule has 0 radical (unpaired) electrons. The molecule has 1 aliphatic heterocycles. The molecule has 8 nitrogen and oxygen atoms in total. The quantitative estimate of drug-likeness (QED) is 0.590. The first-order valence-electron chi connectivity index (χ1n) is 9.74. The standard InChI is InChI=1S/C19H23NO.C2H6O6S2/c1-20(2)15-18-13-14-21-19(18,16-9-5-3-6-10-16)17-11-7-4-8-12-17;3-9(4,5)1-2-10(6,7)8/h3-12,18H,13-15H2,1-2H3;1-2H2,(H,3,4,5)(H,6,7,8). The largest absolute Gasteiger partial charge is 0.365 e. The van der Waals surface area contributed by atoms with Gasteiger partial charge < -0.3 is 9.64 Å². The topological polar surface area (TPSA) is 121 Å². The summed E-state index contributed by atoms with van der Waals surface area (Å²) in [7, 11) is -4.32. The molecular weight excluding hydrogens is 442 g/mol. The van der Waals surface area contributed by atoms with Crippen molar-refractivity contribution < 1.29 is 30.7 Å². The first-order valence-corrected chi connectivity index (χ1v) is 13.0. The Morgan fingerprint density at radius 3 is 1.65 bits per heavy atom. The second kappa shape index (κ2) is 10.7. The maximum atomic E-state index is 9.86. The van der Waals surface area contributed by atoms with Gasteiger partial charge in [0.25, 0.3) is 20.2 Å². The lowest BCUT2D eigenvalue weighted by Crippen LogP contribution is -2.39. The third-order valence-corrected chi connectivity index (χ3v) is 6.66. The minimum atomic E-state index is -4.30. The van der Waals surface area contributed by atoms with Crippen molar-refractivity contribution in [2.24, 2.45) is 5.92 Å². The number of benzene rings is 2. The van der Waals surface area contributed by atoms with Gasteiger partial charge in [0, 0.05) is 19.1 Å². The van der Waals surface area contributed by atoms with Crippen molar-refractivity contribution in [1.82, 2.24) is 4.90 Å². The molecule has 172 valence electrons. The minimum absolute atomic E-state index is 0.313. The van der Waals surface area contributed by atoms with Crippen LogP contribution in [0.5, 0.6) is 0 Å². The Kier molecular flexibility index (Phi) is 8.75. The number of ether oxygens (including phenoxy) is 1. The number of nitrogens with zero attached hydrogens (tertiary/aromatic N) is 1. The zero-order valence-electron chi connectivity index (χ0n) is 17.6. The maximum Gasteiger partial charge on any atom is 0.265 e.